The zero-order valence-electron chi connectivity index (χ0n) is 18.6. The molecule has 5 rings (SSSR count). The van der Waals surface area contributed by atoms with Gasteiger partial charge in [-0.2, -0.15) is 0 Å². The van der Waals surface area contributed by atoms with Gasteiger partial charge in [0.25, 0.3) is 0 Å². The highest BCUT2D eigenvalue weighted by atomic mass is 32.2. The topological polar surface area (TPSA) is 59.4 Å². The molecule has 172 valence electrons. The van der Waals surface area contributed by atoms with Crippen molar-refractivity contribution in [2.45, 2.75) is 29.5 Å². The fraction of sp³-hybridized carbons (Fsp3) is 0.214. The number of benzene rings is 3. The molecule has 4 aromatic rings. The number of thioether (sulfide) groups is 1. The normalized spacial score (nSPS) is 11.9. The zero-order valence-corrected chi connectivity index (χ0v) is 20.3. The van der Waals surface area contributed by atoms with Crippen molar-refractivity contribution in [3.05, 3.63) is 100 Å². The second-order valence-corrected chi connectivity index (χ2v) is 10.6. The maximum atomic E-state index is 10.7. The molecule has 1 aliphatic rings. The van der Waals surface area contributed by atoms with Crippen molar-refractivity contribution in [1.82, 2.24) is 4.98 Å². The van der Waals surface area contributed by atoms with Crippen molar-refractivity contribution in [1.29, 1.82) is 0 Å². The summed E-state index contributed by atoms with van der Waals surface area (Å²) in [7, 11) is 0. The van der Waals surface area contributed by atoms with Crippen LogP contribution in [0.5, 0.6) is 5.75 Å². The number of fused-ring (bicyclic) bond motifs is 3. The minimum atomic E-state index is -0.792. The summed E-state index contributed by atoms with van der Waals surface area (Å²) < 4.78 is 7.01. The lowest BCUT2D eigenvalue weighted by Gasteiger charge is -2.17. The Labute approximate surface area is 207 Å². The monoisotopic (exact) mass is 487 g/mol. The van der Waals surface area contributed by atoms with Gasteiger partial charge in [-0.3, -0.25) is 4.79 Å². The molecule has 1 heterocycles. The Bertz CT molecular complexity index is 1230. The van der Waals surface area contributed by atoms with Crippen LogP contribution in [0, 0.1) is 0 Å². The van der Waals surface area contributed by atoms with Gasteiger partial charge in [-0.15, -0.1) is 11.3 Å². The van der Waals surface area contributed by atoms with Gasteiger partial charge in [0, 0.05) is 40.5 Å². The third kappa shape index (κ3) is 5.03. The number of aromatic nitrogens is 1. The molecule has 0 spiro atoms. The predicted molar refractivity (Wildman–Crippen MR) is 138 cm³/mol. The average molecular weight is 488 g/mol. The van der Waals surface area contributed by atoms with Crippen molar-refractivity contribution in [2.24, 2.45) is 0 Å². The van der Waals surface area contributed by atoms with Crippen LogP contribution in [0.4, 0.5) is 0 Å². The first-order chi connectivity index (χ1) is 16.7. The van der Waals surface area contributed by atoms with Crippen LogP contribution in [-0.4, -0.2) is 28.4 Å². The number of ether oxygens (including phenoxy) is 1. The van der Waals surface area contributed by atoms with Gasteiger partial charge in [-0.25, -0.2) is 4.98 Å². The molecule has 1 N–H and O–H groups in total. The van der Waals surface area contributed by atoms with E-state index in [0.717, 1.165) is 39.1 Å². The lowest BCUT2D eigenvalue weighted by Crippen LogP contribution is -2.04. The van der Waals surface area contributed by atoms with E-state index >= 15 is 0 Å². The molecule has 0 saturated carbocycles. The van der Waals surface area contributed by atoms with Crippen LogP contribution in [-0.2, 0) is 11.2 Å². The number of carboxylic acid groups (broad SMARTS) is 1. The molecule has 0 radical (unpaired) electrons. The Hall–Kier alpha value is -3.09. The quantitative estimate of drug-likeness (QED) is 0.172. The molecule has 0 amide bonds. The molecule has 0 unspecified atom stereocenters. The van der Waals surface area contributed by atoms with Crippen molar-refractivity contribution in [3.63, 3.8) is 0 Å². The van der Waals surface area contributed by atoms with E-state index in [0.29, 0.717) is 18.9 Å². The van der Waals surface area contributed by atoms with Gasteiger partial charge in [0.1, 0.15) is 5.75 Å². The SMILES string of the molecule is O=C(O)CCCOc1cccc2c1Cc1sc(SCC(c3ccccc3)c3ccccc3)nc1-2. The van der Waals surface area contributed by atoms with Gasteiger partial charge >= 0.3 is 5.97 Å². The van der Waals surface area contributed by atoms with Crippen molar-refractivity contribution >= 4 is 29.1 Å². The fourth-order valence-corrected chi connectivity index (χ4v) is 6.71. The molecule has 0 atom stereocenters. The maximum absolute atomic E-state index is 10.7. The van der Waals surface area contributed by atoms with Crippen molar-refractivity contribution in [2.75, 3.05) is 12.4 Å². The number of aliphatic carboxylic acids is 1. The standard InChI is InChI=1S/C28H25NO3S2/c30-26(31)15-8-16-32-24-14-7-13-21-22(24)17-25-27(21)29-28(34-25)33-18-23(19-9-3-1-4-10-19)20-11-5-2-6-12-20/h1-7,9-14,23H,8,15-18H2,(H,30,31). The van der Waals surface area contributed by atoms with Crippen molar-refractivity contribution in [3.8, 4) is 17.0 Å². The number of carbonyl (C=O) groups is 1. The molecule has 3 aromatic carbocycles. The highest BCUT2D eigenvalue weighted by Crippen LogP contribution is 2.45. The Morgan fingerprint density at radius 2 is 1.71 bits per heavy atom. The first-order valence-electron chi connectivity index (χ1n) is 11.4. The van der Waals surface area contributed by atoms with Gasteiger partial charge in [0.15, 0.2) is 4.34 Å². The zero-order chi connectivity index (χ0) is 23.3. The number of rotatable bonds is 10. The van der Waals surface area contributed by atoms with Crippen LogP contribution in [0.2, 0.25) is 0 Å². The summed E-state index contributed by atoms with van der Waals surface area (Å²) in [6.45, 7) is 0.408. The molecule has 0 fully saturated rings. The van der Waals surface area contributed by atoms with Gasteiger partial charge in [0.2, 0.25) is 0 Å². The highest BCUT2D eigenvalue weighted by molar-refractivity contribution is 8.01. The summed E-state index contributed by atoms with van der Waals surface area (Å²) in [5, 5.41) is 8.83. The first kappa shape index (κ1) is 22.7. The van der Waals surface area contributed by atoms with Crippen LogP contribution >= 0.6 is 23.1 Å². The second kappa shape index (κ2) is 10.5. The molecular formula is C28H25NO3S2. The number of thiazole rings is 1. The number of carboxylic acids is 1. The van der Waals surface area contributed by atoms with E-state index in [1.54, 1.807) is 11.3 Å². The van der Waals surface area contributed by atoms with Crippen LogP contribution in [0.1, 0.15) is 40.3 Å². The lowest BCUT2D eigenvalue weighted by molar-refractivity contribution is -0.137. The number of nitrogens with zero attached hydrogens (tertiary/aromatic N) is 1. The van der Waals surface area contributed by atoms with Crippen LogP contribution in [0.25, 0.3) is 11.3 Å². The van der Waals surface area contributed by atoms with Crippen LogP contribution < -0.4 is 4.74 Å². The van der Waals surface area contributed by atoms with Gasteiger partial charge < -0.3 is 9.84 Å². The Morgan fingerprint density at radius 1 is 1.00 bits per heavy atom. The van der Waals surface area contributed by atoms with E-state index in [1.807, 2.05) is 23.9 Å². The van der Waals surface area contributed by atoms with E-state index in [-0.39, 0.29) is 6.42 Å². The van der Waals surface area contributed by atoms with Crippen molar-refractivity contribution < 1.29 is 14.6 Å². The van der Waals surface area contributed by atoms with Gasteiger partial charge in [-0.1, -0.05) is 84.6 Å². The highest BCUT2D eigenvalue weighted by Gasteiger charge is 2.27. The minimum Gasteiger partial charge on any atom is -0.493 e. The fourth-order valence-electron chi connectivity index (χ4n) is 4.30. The number of hydrogen-bond acceptors (Lipinski definition) is 5. The Morgan fingerprint density at radius 3 is 2.38 bits per heavy atom. The molecule has 1 aliphatic carbocycles. The lowest BCUT2D eigenvalue weighted by atomic mass is 9.93. The van der Waals surface area contributed by atoms with Gasteiger partial charge in [-0.05, 0) is 23.6 Å². The third-order valence-electron chi connectivity index (χ3n) is 5.97. The van der Waals surface area contributed by atoms with E-state index in [9.17, 15) is 4.79 Å². The smallest absolute Gasteiger partial charge is 0.303 e. The Balaban J connectivity index is 1.30. The summed E-state index contributed by atoms with van der Waals surface area (Å²) in [5.41, 5.74) is 6.00. The number of hydrogen-bond donors (Lipinski definition) is 1. The van der Waals surface area contributed by atoms with Gasteiger partial charge in [0.05, 0.1) is 12.3 Å². The molecule has 0 saturated heterocycles. The molecule has 1 aromatic heterocycles. The van der Waals surface area contributed by atoms with E-state index in [1.165, 1.54) is 16.0 Å². The summed E-state index contributed by atoms with van der Waals surface area (Å²) in [5.74, 6) is 1.29. The molecule has 0 bridgehead atoms. The Kier molecular flexibility index (Phi) is 6.97. The van der Waals surface area contributed by atoms with Crippen LogP contribution in [0.3, 0.4) is 0 Å². The van der Waals surface area contributed by atoms with Crippen LogP contribution in [0.15, 0.2) is 83.2 Å². The third-order valence-corrected chi connectivity index (χ3v) is 8.26. The summed E-state index contributed by atoms with van der Waals surface area (Å²) in [6, 6.07) is 27.4. The molecular weight excluding hydrogens is 462 g/mol. The predicted octanol–water partition coefficient (Wildman–Crippen LogP) is 6.88. The molecule has 34 heavy (non-hydrogen) atoms. The average Bonchev–Trinajstić information content (AvgIpc) is 3.41. The molecule has 6 heteroatoms. The largest absolute Gasteiger partial charge is 0.493 e. The summed E-state index contributed by atoms with van der Waals surface area (Å²) in [6.07, 6.45) is 1.44. The molecule has 4 nitrogen and oxygen atoms in total. The summed E-state index contributed by atoms with van der Waals surface area (Å²) in [4.78, 5) is 17.0. The molecule has 0 aliphatic heterocycles. The summed E-state index contributed by atoms with van der Waals surface area (Å²) >= 11 is 3.59. The minimum absolute atomic E-state index is 0.122. The van der Waals surface area contributed by atoms with E-state index in [4.69, 9.17) is 14.8 Å². The maximum Gasteiger partial charge on any atom is 0.303 e. The van der Waals surface area contributed by atoms with E-state index in [2.05, 4.69) is 66.7 Å². The second-order valence-electron chi connectivity index (χ2n) is 8.24. The van der Waals surface area contributed by atoms with E-state index < -0.39 is 5.97 Å². The first-order valence-corrected chi connectivity index (χ1v) is 13.2.